The number of methoxy groups -OCH3 is 2. The largest absolute Gasteiger partial charge is 0.493 e. The molecule has 0 radical (unpaired) electrons. The fourth-order valence-corrected chi connectivity index (χ4v) is 5.44. The van der Waals surface area contributed by atoms with E-state index < -0.39 is 0 Å². The zero-order valence-electron chi connectivity index (χ0n) is 23.3. The van der Waals surface area contributed by atoms with Crippen molar-refractivity contribution in [1.82, 2.24) is 19.6 Å². The first-order valence-electron chi connectivity index (χ1n) is 13.5. The molecule has 0 saturated heterocycles. The molecule has 208 valence electrons. The molecule has 1 aliphatic heterocycles. The molecule has 1 aliphatic rings. The zero-order valence-corrected chi connectivity index (χ0v) is 23.3. The second-order valence-corrected chi connectivity index (χ2v) is 9.93. The normalized spacial score (nSPS) is 14.3. The van der Waals surface area contributed by atoms with Gasteiger partial charge >= 0.3 is 0 Å². The Morgan fingerprint density at radius 2 is 1.74 bits per heavy atom. The molecule has 6 aromatic rings. The van der Waals surface area contributed by atoms with Gasteiger partial charge in [-0.25, -0.2) is 14.5 Å². The van der Waals surface area contributed by atoms with E-state index in [9.17, 15) is 0 Å². The summed E-state index contributed by atoms with van der Waals surface area (Å²) in [4.78, 5) is 15.2. The summed E-state index contributed by atoms with van der Waals surface area (Å²) >= 11 is 0. The monoisotopic (exact) mass is 557 g/mol. The van der Waals surface area contributed by atoms with Crippen LogP contribution in [-0.4, -0.2) is 39.5 Å². The molecule has 0 spiro atoms. The third-order valence-corrected chi connectivity index (χ3v) is 7.47. The Hall–Kier alpha value is -5.44. The van der Waals surface area contributed by atoms with Crippen molar-refractivity contribution >= 4 is 22.1 Å². The molecular weight excluding hydrogens is 530 g/mol. The van der Waals surface area contributed by atoms with E-state index in [1.54, 1.807) is 25.1 Å². The second kappa shape index (κ2) is 10.5. The van der Waals surface area contributed by atoms with Crippen molar-refractivity contribution in [2.45, 2.75) is 19.4 Å². The molecule has 4 aromatic carbocycles. The van der Waals surface area contributed by atoms with Crippen molar-refractivity contribution in [3.05, 3.63) is 119 Å². The van der Waals surface area contributed by atoms with Crippen LogP contribution in [0.4, 0.5) is 0 Å². The van der Waals surface area contributed by atoms with Crippen LogP contribution in [0.5, 0.6) is 23.1 Å². The fraction of sp³-hybridized carbons (Fsp3) is 0.152. The number of benzene rings is 4. The van der Waals surface area contributed by atoms with Crippen LogP contribution < -0.4 is 14.2 Å². The van der Waals surface area contributed by atoms with Gasteiger partial charge in [0.15, 0.2) is 29.6 Å². The molecule has 1 unspecified atom stereocenters. The number of ether oxygens (including phenoxy) is 3. The van der Waals surface area contributed by atoms with Crippen LogP contribution >= 0.6 is 0 Å². The maximum absolute atomic E-state index is 6.49. The lowest BCUT2D eigenvalue weighted by Crippen LogP contribution is -2.15. The molecular formula is C33H27N5O4. The summed E-state index contributed by atoms with van der Waals surface area (Å²) in [5, 5.41) is 11.1. The van der Waals surface area contributed by atoms with Gasteiger partial charge in [0, 0.05) is 22.4 Å². The van der Waals surface area contributed by atoms with Gasteiger partial charge in [-0.2, -0.15) is 0 Å². The van der Waals surface area contributed by atoms with E-state index in [-0.39, 0.29) is 12.5 Å². The number of oxime groups is 1. The van der Waals surface area contributed by atoms with Crippen LogP contribution in [0.25, 0.3) is 16.4 Å². The molecule has 9 heteroatoms. The number of hydrogen-bond donors (Lipinski definition) is 0. The van der Waals surface area contributed by atoms with Crippen LogP contribution in [0.15, 0.2) is 96.4 Å². The SMILES string of the molecule is COc1ccc(/C(C)=N\OCc2nc3c4c(ncn3n2)Oc2c(ccc3ccccc23)C4c2ccccc2)cc1OC. The molecule has 9 nitrogen and oxygen atoms in total. The van der Waals surface area contributed by atoms with Gasteiger partial charge in [0.05, 0.1) is 25.5 Å². The van der Waals surface area contributed by atoms with Gasteiger partial charge in [-0.1, -0.05) is 71.9 Å². The number of hydrogen-bond acceptors (Lipinski definition) is 8. The topological polar surface area (TPSA) is 92.4 Å². The Labute approximate surface area is 242 Å². The van der Waals surface area contributed by atoms with E-state index >= 15 is 0 Å². The Morgan fingerprint density at radius 1 is 0.929 bits per heavy atom. The molecule has 1 atom stereocenters. The average Bonchev–Trinajstić information content (AvgIpc) is 3.47. The van der Waals surface area contributed by atoms with E-state index in [0.717, 1.165) is 38.8 Å². The number of fused-ring (bicyclic) bond motifs is 6. The number of rotatable bonds is 7. The Bertz CT molecular complexity index is 1970. The van der Waals surface area contributed by atoms with Gasteiger partial charge in [-0.15, -0.1) is 5.10 Å². The molecule has 0 amide bonds. The molecule has 2 aromatic heterocycles. The summed E-state index contributed by atoms with van der Waals surface area (Å²) in [6, 6.07) is 28.4. The highest BCUT2D eigenvalue weighted by Crippen LogP contribution is 2.50. The lowest BCUT2D eigenvalue weighted by Gasteiger charge is -2.28. The standard InChI is InChI=1S/C33H27N5O4/c1-20(23-14-16-26(39-2)27(17-23)40-3)37-41-18-28-35-32-30-29(22-10-5-4-6-11-22)25-15-13-21-9-7-8-12-24(21)31(25)42-33(30)34-19-38(32)36-28/h4-17,19,29H,18H2,1-3H3/b37-20-. The van der Waals surface area contributed by atoms with Crippen molar-refractivity contribution in [2.24, 2.45) is 5.16 Å². The number of nitrogens with zero attached hydrogens (tertiary/aromatic N) is 5. The van der Waals surface area contributed by atoms with Crippen molar-refractivity contribution in [1.29, 1.82) is 0 Å². The summed E-state index contributed by atoms with van der Waals surface area (Å²) < 4.78 is 18.9. The van der Waals surface area contributed by atoms with Crippen LogP contribution in [0.2, 0.25) is 0 Å². The first-order chi connectivity index (χ1) is 20.6. The van der Waals surface area contributed by atoms with Crippen LogP contribution in [0, 0.1) is 0 Å². The molecule has 42 heavy (non-hydrogen) atoms. The lowest BCUT2D eigenvalue weighted by molar-refractivity contribution is 0.125. The van der Waals surface area contributed by atoms with E-state index in [4.69, 9.17) is 24.0 Å². The van der Waals surface area contributed by atoms with Gasteiger partial charge in [-0.3, -0.25) is 0 Å². The van der Waals surface area contributed by atoms with E-state index in [0.29, 0.717) is 34.6 Å². The minimum atomic E-state index is -0.144. The molecule has 3 heterocycles. The molecule has 0 N–H and O–H groups in total. The molecule has 0 saturated carbocycles. The van der Waals surface area contributed by atoms with Gasteiger partial charge in [0.2, 0.25) is 5.88 Å². The third-order valence-electron chi connectivity index (χ3n) is 7.47. The average molecular weight is 558 g/mol. The second-order valence-electron chi connectivity index (χ2n) is 9.93. The van der Waals surface area contributed by atoms with Gasteiger partial charge in [-0.05, 0) is 36.1 Å². The van der Waals surface area contributed by atoms with Crippen molar-refractivity contribution in [3.63, 3.8) is 0 Å². The molecule has 0 aliphatic carbocycles. The van der Waals surface area contributed by atoms with Crippen molar-refractivity contribution in [2.75, 3.05) is 14.2 Å². The highest BCUT2D eigenvalue weighted by Gasteiger charge is 2.34. The minimum absolute atomic E-state index is 0.0825. The summed E-state index contributed by atoms with van der Waals surface area (Å²) in [7, 11) is 3.20. The first-order valence-corrected chi connectivity index (χ1v) is 13.5. The highest BCUT2D eigenvalue weighted by molar-refractivity contribution is 5.99. The fourth-order valence-electron chi connectivity index (χ4n) is 5.44. The predicted octanol–water partition coefficient (Wildman–Crippen LogP) is 6.52. The van der Waals surface area contributed by atoms with E-state index in [1.807, 2.05) is 55.5 Å². The predicted molar refractivity (Wildman–Crippen MR) is 159 cm³/mol. The molecule has 7 rings (SSSR count). The Balaban J connectivity index is 1.24. The maximum atomic E-state index is 6.49. The first kappa shape index (κ1) is 25.5. The van der Waals surface area contributed by atoms with Crippen molar-refractivity contribution in [3.8, 4) is 23.1 Å². The van der Waals surface area contributed by atoms with E-state index in [2.05, 4.69) is 51.6 Å². The molecule has 0 bridgehead atoms. The molecule has 0 fully saturated rings. The van der Waals surface area contributed by atoms with Gasteiger partial charge < -0.3 is 19.0 Å². The van der Waals surface area contributed by atoms with E-state index in [1.165, 1.54) is 0 Å². The van der Waals surface area contributed by atoms with Crippen LogP contribution in [-0.2, 0) is 11.4 Å². The maximum Gasteiger partial charge on any atom is 0.228 e. The van der Waals surface area contributed by atoms with Gasteiger partial charge in [0.25, 0.3) is 0 Å². The third kappa shape index (κ3) is 4.35. The highest BCUT2D eigenvalue weighted by atomic mass is 16.6. The summed E-state index contributed by atoms with van der Waals surface area (Å²) in [5.41, 5.74) is 5.22. The van der Waals surface area contributed by atoms with Crippen LogP contribution in [0.1, 0.15) is 40.9 Å². The summed E-state index contributed by atoms with van der Waals surface area (Å²) in [6.07, 6.45) is 1.63. The summed E-state index contributed by atoms with van der Waals surface area (Å²) in [5.74, 6) is 2.93. The lowest BCUT2D eigenvalue weighted by atomic mass is 9.83. The zero-order chi connectivity index (χ0) is 28.6. The summed E-state index contributed by atoms with van der Waals surface area (Å²) in [6.45, 7) is 1.95. The number of aromatic nitrogens is 4. The Kier molecular flexibility index (Phi) is 6.39. The van der Waals surface area contributed by atoms with Crippen molar-refractivity contribution < 1.29 is 19.0 Å². The van der Waals surface area contributed by atoms with Crippen LogP contribution in [0.3, 0.4) is 0 Å². The minimum Gasteiger partial charge on any atom is -0.493 e. The quantitative estimate of drug-likeness (QED) is 0.163. The van der Waals surface area contributed by atoms with Gasteiger partial charge in [0.1, 0.15) is 12.1 Å². The smallest absolute Gasteiger partial charge is 0.228 e. The Morgan fingerprint density at radius 3 is 2.57 bits per heavy atom.